The van der Waals surface area contributed by atoms with Gasteiger partial charge in [-0.2, -0.15) is 0 Å². The second kappa shape index (κ2) is 4.58. The second-order valence-electron chi connectivity index (χ2n) is 3.45. The third-order valence-electron chi connectivity index (χ3n) is 0.827. The molecule has 0 bridgehead atoms. The van der Waals surface area contributed by atoms with E-state index in [9.17, 15) is 9.59 Å². The summed E-state index contributed by atoms with van der Waals surface area (Å²) in [5.41, 5.74) is 1.68. The van der Waals surface area contributed by atoms with Gasteiger partial charge in [-0.3, -0.25) is 4.79 Å². The second-order valence-corrected chi connectivity index (χ2v) is 3.45. The van der Waals surface area contributed by atoms with Crippen LogP contribution in [0.15, 0.2) is 0 Å². The Morgan fingerprint density at radius 3 is 2.50 bits per heavy atom. The average Bonchev–Trinajstić information content (AvgIpc) is 1.95. The summed E-state index contributed by atoms with van der Waals surface area (Å²) >= 11 is 0. The summed E-state index contributed by atoms with van der Waals surface area (Å²) < 4.78 is 4.67. The van der Waals surface area contributed by atoms with Crippen LogP contribution in [0.3, 0.4) is 0 Å². The first-order valence-corrected chi connectivity index (χ1v) is 3.48. The molecule has 0 saturated heterocycles. The van der Waals surface area contributed by atoms with Crippen LogP contribution in [0.1, 0.15) is 20.8 Å². The largest absolute Gasteiger partial charge is 0.447 e. The smallest absolute Gasteiger partial charge is 0.440 e. The molecular formula is C7H13NO4. The molecule has 0 unspecified atom stereocenters. The van der Waals surface area contributed by atoms with E-state index >= 15 is 0 Å². The fourth-order valence-corrected chi connectivity index (χ4v) is 0.384. The third kappa shape index (κ3) is 6.85. The molecule has 0 aliphatic carbocycles. The maximum atomic E-state index is 10.6. The highest BCUT2D eigenvalue weighted by atomic mass is 16.7. The zero-order chi connectivity index (χ0) is 9.61. The van der Waals surface area contributed by atoms with Gasteiger partial charge in [0.15, 0.2) is 0 Å². The summed E-state index contributed by atoms with van der Waals surface area (Å²) in [6, 6.07) is 0. The van der Waals surface area contributed by atoms with E-state index in [1.54, 1.807) is 5.48 Å². The lowest BCUT2D eigenvalue weighted by atomic mass is 9.99. The average molecular weight is 175 g/mol. The molecule has 0 aromatic carbocycles. The van der Waals surface area contributed by atoms with Gasteiger partial charge in [-0.25, -0.2) is 4.79 Å². The van der Waals surface area contributed by atoms with E-state index < -0.39 is 6.09 Å². The molecule has 5 heteroatoms. The Morgan fingerprint density at radius 2 is 2.08 bits per heavy atom. The molecule has 0 fully saturated rings. The van der Waals surface area contributed by atoms with Gasteiger partial charge in [-0.15, -0.1) is 5.48 Å². The first-order chi connectivity index (χ1) is 5.45. The number of ether oxygens (including phenoxy) is 1. The number of carbonyl (C=O) groups is 2. The van der Waals surface area contributed by atoms with Gasteiger partial charge in [-0.1, -0.05) is 20.8 Å². The number of hydrogen-bond donors (Lipinski definition) is 1. The van der Waals surface area contributed by atoms with Crippen molar-refractivity contribution in [2.45, 2.75) is 20.8 Å². The van der Waals surface area contributed by atoms with Gasteiger partial charge in [0.2, 0.25) is 0 Å². The van der Waals surface area contributed by atoms with Gasteiger partial charge in [0.05, 0.1) is 6.61 Å². The van der Waals surface area contributed by atoms with Crippen LogP contribution in [0.2, 0.25) is 0 Å². The Labute approximate surface area is 71.0 Å². The molecule has 1 amide bonds. The minimum Gasteiger partial charge on any atom is -0.447 e. The Hall–Kier alpha value is -1.26. The van der Waals surface area contributed by atoms with Crippen LogP contribution < -0.4 is 5.48 Å². The molecule has 0 heterocycles. The molecular weight excluding hydrogens is 162 g/mol. The lowest BCUT2D eigenvalue weighted by molar-refractivity contribution is -0.134. The van der Waals surface area contributed by atoms with Crippen molar-refractivity contribution in [2.75, 3.05) is 6.61 Å². The summed E-state index contributed by atoms with van der Waals surface area (Å²) in [5.74, 6) is 0. The molecule has 12 heavy (non-hydrogen) atoms. The van der Waals surface area contributed by atoms with Crippen molar-refractivity contribution in [3.63, 3.8) is 0 Å². The molecule has 0 aliphatic rings. The minimum atomic E-state index is -0.767. The van der Waals surface area contributed by atoms with E-state index in [1.165, 1.54) is 0 Å². The van der Waals surface area contributed by atoms with Gasteiger partial charge < -0.3 is 9.57 Å². The lowest BCUT2D eigenvalue weighted by Gasteiger charge is -2.17. The summed E-state index contributed by atoms with van der Waals surface area (Å²) in [5, 5.41) is 0. The van der Waals surface area contributed by atoms with Crippen LogP contribution in [0.25, 0.3) is 0 Å². The topological polar surface area (TPSA) is 64.6 Å². The highest BCUT2D eigenvalue weighted by molar-refractivity contribution is 5.66. The van der Waals surface area contributed by atoms with E-state index in [0.29, 0.717) is 0 Å². The van der Waals surface area contributed by atoms with Crippen molar-refractivity contribution >= 4 is 12.6 Å². The van der Waals surface area contributed by atoms with E-state index in [2.05, 4.69) is 9.57 Å². The molecule has 0 rings (SSSR count). The van der Waals surface area contributed by atoms with E-state index in [1.807, 2.05) is 20.8 Å². The van der Waals surface area contributed by atoms with E-state index in [-0.39, 0.29) is 18.5 Å². The van der Waals surface area contributed by atoms with Crippen LogP contribution in [0.4, 0.5) is 4.79 Å². The molecule has 0 radical (unpaired) electrons. The SMILES string of the molecule is CC(C)(C)COC(=O)NOC=O. The highest BCUT2D eigenvalue weighted by Gasteiger charge is 2.13. The molecule has 0 spiro atoms. The molecule has 70 valence electrons. The third-order valence-corrected chi connectivity index (χ3v) is 0.827. The van der Waals surface area contributed by atoms with Gasteiger partial charge in [0, 0.05) is 0 Å². The van der Waals surface area contributed by atoms with Gasteiger partial charge in [0.1, 0.15) is 0 Å². The maximum Gasteiger partial charge on any atom is 0.440 e. The van der Waals surface area contributed by atoms with Crippen LogP contribution in [0.5, 0.6) is 0 Å². The molecule has 0 aliphatic heterocycles. The van der Waals surface area contributed by atoms with Crippen LogP contribution >= 0.6 is 0 Å². The maximum absolute atomic E-state index is 10.6. The normalized spacial score (nSPS) is 10.2. The molecule has 1 N–H and O–H groups in total. The Balaban J connectivity index is 3.51. The van der Waals surface area contributed by atoms with E-state index in [0.717, 1.165) is 0 Å². The van der Waals surface area contributed by atoms with E-state index in [4.69, 9.17) is 0 Å². The van der Waals surface area contributed by atoms with Gasteiger partial charge >= 0.3 is 12.6 Å². The number of nitrogens with one attached hydrogen (secondary N) is 1. The van der Waals surface area contributed by atoms with Crippen molar-refractivity contribution in [3.05, 3.63) is 0 Å². The molecule has 5 nitrogen and oxygen atoms in total. The standard InChI is InChI=1S/C7H13NO4/c1-7(2,3)4-11-6(10)8-12-5-9/h5H,4H2,1-3H3,(H,8,10). The number of hydroxylamine groups is 1. The highest BCUT2D eigenvalue weighted by Crippen LogP contribution is 2.12. The molecule has 0 aromatic rings. The number of hydrogen-bond acceptors (Lipinski definition) is 4. The van der Waals surface area contributed by atoms with Crippen molar-refractivity contribution < 1.29 is 19.2 Å². The predicted octanol–water partition coefficient (Wildman–Crippen LogP) is 0.847. The van der Waals surface area contributed by atoms with Gasteiger partial charge in [-0.05, 0) is 5.41 Å². The lowest BCUT2D eigenvalue weighted by Crippen LogP contribution is -2.27. The molecule has 0 aromatic heterocycles. The quantitative estimate of drug-likeness (QED) is 0.510. The van der Waals surface area contributed by atoms with Crippen LogP contribution in [-0.4, -0.2) is 19.2 Å². The number of amides is 1. The fourth-order valence-electron chi connectivity index (χ4n) is 0.384. The van der Waals surface area contributed by atoms with Gasteiger partial charge in [0.25, 0.3) is 0 Å². The van der Waals surface area contributed by atoms with Crippen molar-refractivity contribution in [1.29, 1.82) is 0 Å². The molecule has 0 atom stereocenters. The number of carbonyl (C=O) groups excluding carboxylic acids is 2. The Morgan fingerprint density at radius 1 is 1.50 bits per heavy atom. The summed E-state index contributed by atoms with van der Waals surface area (Å²) in [7, 11) is 0. The summed E-state index contributed by atoms with van der Waals surface area (Å²) in [6.45, 7) is 6.13. The first kappa shape index (κ1) is 10.7. The molecule has 0 saturated carbocycles. The summed E-state index contributed by atoms with van der Waals surface area (Å²) in [4.78, 5) is 24.2. The predicted molar refractivity (Wildman–Crippen MR) is 41.1 cm³/mol. The minimum absolute atomic E-state index is 0.0987. The zero-order valence-corrected chi connectivity index (χ0v) is 7.42. The fraction of sp³-hybridized carbons (Fsp3) is 0.714. The zero-order valence-electron chi connectivity index (χ0n) is 7.42. The van der Waals surface area contributed by atoms with Crippen molar-refractivity contribution in [2.24, 2.45) is 5.41 Å². The Bertz CT molecular complexity index is 161. The Kier molecular flexibility index (Phi) is 4.10. The number of rotatable bonds is 3. The first-order valence-electron chi connectivity index (χ1n) is 3.48. The summed E-state index contributed by atoms with van der Waals surface area (Å²) in [6.07, 6.45) is -0.767. The van der Waals surface area contributed by atoms with Crippen molar-refractivity contribution in [3.8, 4) is 0 Å². The van der Waals surface area contributed by atoms with Crippen LogP contribution in [0, 0.1) is 5.41 Å². The monoisotopic (exact) mass is 175 g/mol. The van der Waals surface area contributed by atoms with Crippen LogP contribution in [-0.2, 0) is 14.4 Å². The van der Waals surface area contributed by atoms with Crippen molar-refractivity contribution in [1.82, 2.24) is 5.48 Å².